The van der Waals surface area contributed by atoms with Crippen molar-refractivity contribution >= 4 is 28.4 Å². The summed E-state index contributed by atoms with van der Waals surface area (Å²) in [7, 11) is 1.58. The van der Waals surface area contributed by atoms with Crippen LogP contribution in [0.5, 0.6) is 5.75 Å². The first-order valence-electron chi connectivity index (χ1n) is 5.91. The summed E-state index contributed by atoms with van der Waals surface area (Å²) in [6.45, 7) is 5.82. The highest BCUT2D eigenvalue weighted by Crippen LogP contribution is 2.31. The van der Waals surface area contributed by atoms with E-state index < -0.39 is 0 Å². The monoisotopic (exact) mass is 394 g/mol. The van der Waals surface area contributed by atoms with E-state index in [-0.39, 0.29) is 5.82 Å². The van der Waals surface area contributed by atoms with Crippen molar-refractivity contribution in [1.29, 1.82) is 0 Å². The fourth-order valence-electron chi connectivity index (χ4n) is 1.60. The van der Waals surface area contributed by atoms with Crippen LogP contribution < -0.4 is 4.74 Å². The van der Waals surface area contributed by atoms with Crippen molar-refractivity contribution in [1.82, 2.24) is 9.55 Å². The minimum Gasteiger partial charge on any atom is -0.496 e. The van der Waals surface area contributed by atoms with Crippen molar-refractivity contribution in [2.24, 2.45) is 0 Å². The second-order valence-electron chi connectivity index (χ2n) is 3.56. The molecule has 1 aromatic carbocycles. The zero-order valence-electron chi connectivity index (χ0n) is 11.4. The molecular formula is C13H17FIN2OP. The third kappa shape index (κ3) is 3.89. The van der Waals surface area contributed by atoms with Crippen molar-refractivity contribution < 1.29 is 9.13 Å². The predicted molar refractivity (Wildman–Crippen MR) is 88.0 cm³/mol. The highest BCUT2D eigenvalue weighted by atomic mass is 127. The SMILES string of the molecule is CC.COc1cc(-c2cnn(PI)c2)c(F)cc1C. The van der Waals surface area contributed by atoms with Crippen LogP contribution in [-0.2, 0) is 0 Å². The number of benzene rings is 1. The van der Waals surface area contributed by atoms with Crippen LogP contribution in [0.4, 0.5) is 4.39 Å². The van der Waals surface area contributed by atoms with Crippen LogP contribution in [0.3, 0.4) is 0 Å². The van der Waals surface area contributed by atoms with Crippen LogP contribution in [0.2, 0.25) is 0 Å². The predicted octanol–water partition coefficient (Wildman–Crippen LogP) is 4.82. The summed E-state index contributed by atoms with van der Waals surface area (Å²) in [6, 6.07) is 3.19. The Morgan fingerprint density at radius 2 is 2.05 bits per heavy atom. The third-order valence-corrected chi connectivity index (χ3v) is 4.37. The van der Waals surface area contributed by atoms with Crippen molar-refractivity contribution in [2.45, 2.75) is 20.8 Å². The first-order chi connectivity index (χ1) is 9.15. The van der Waals surface area contributed by atoms with E-state index in [1.807, 2.05) is 27.0 Å². The number of halogens is 2. The van der Waals surface area contributed by atoms with Crippen molar-refractivity contribution in [3.8, 4) is 16.9 Å². The fraction of sp³-hybridized carbons (Fsp3) is 0.308. The molecule has 1 aromatic heterocycles. The number of rotatable bonds is 3. The van der Waals surface area contributed by atoms with Gasteiger partial charge >= 0.3 is 0 Å². The van der Waals surface area contributed by atoms with Gasteiger partial charge in [-0.25, -0.2) is 8.84 Å². The lowest BCUT2D eigenvalue weighted by molar-refractivity contribution is 0.410. The number of methoxy groups -OCH3 is 1. The number of ether oxygens (including phenoxy) is 1. The van der Waals surface area contributed by atoms with Crippen molar-refractivity contribution in [2.75, 3.05) is 7.11 Å². The molecule has 104 valence electrons. The molecule has 0 saturated heterocycles. The number of hydrogen-bond donors (Lipinski definition) is 0. The Morgan fingerprint density at radius 1 is 1.37 bits per heavy atom. The van der Waals surface area contributed by atoms with Crippen molar-refractivity contribution in [3.05, 3.63) is 35.9 Å². The molecule has 0 radical (unpaired) electrons. The molecule has 6 heteroatoms. The Hall–Kier alpha value is -0.680. The standard InChI is InChI=1S/C11H11FIN2OP.C2H6/c1-7-3-10(12)9(4-11(7)16-2)8-5-14-15(6-8)17-13;1-2/h3-6,17H,1-2H3;1-2H3. The topological polar surface area (TPSA) is 27.1 Å². The molecule has 2 aromatic rings. The Morgan fingerprint density at radius 3 is 2.58 bits per heavy atom. The molecule has 0 aliphatic heterocycles. The maximum Gasteiger partial charge on any atom is 0.131 e. The van der Waals surface area contributed by atoms with Crippen LogP contribution >= 0.6 is 28.4 Å². The smallest absolute Gasteiger partial charge is 0.131 e. The van der Waals surface area contributed by atoms with Gasteiger partial charge < -0.3 is 4.74 Å². The molecule has 0 spiro atoms. The number of hydrogen-bond acceptors (Lipinski definition) is 2. The molecule has 0 saturated carbocycles. The molecule has 3 nitrogen and oxygen atoms in total. The van der Waals surface area contributed by atoms with E-state index >= 15 is 0 Å². The maximum atomic E-state index is 13.9. The van der Waals surface area contributed by atoms with Crippen LogP contribution in [0.25, 0.3) is 11.1 Å². The van der Waals surface area contributed by atoms with Crippen LogP contribution in [-0.4, -0.2) is 16.7 Å². The van der Waals surface area contributed by atoms with Gasteiger partial charge in [0.05, 0.1) is 19.7 Å². The molecule has 0 bridgehead atoms. The van der Waals surface area contributed by atoms with Gasteiger partial charge in [0.2, 0.25) is 0 Å². The van der Waals surface area contributed by atoms with Gasteiger partial charge in [0.25, 0.3) is 0 Å². The number of aromatic nitrogens is 2. The minimum absolute atomic E-state index is 0.250. The second kappa shape index (κ2) is 7.80. The summed E-state index contributed by atoms with van der Waals surface area (Å²) in [6.07, 6.45) is 4.01. The molecule has 0 fully saturated rings. The van der Waals surface area contributed by atoms with Crippen LogP contribution in [0.1, 0.15) is 19.4 Å². The largest absolute Gasteiger partial charge is 0.496 e. The number of nitrogens with zero attached hydrogens (tertiary/aromatic N) is 2. The molecule has 1 heterocycles. The maximum absolute atomic E-state index is 13.9. The lowest BCUT2D eigenvalue weighted by atomic mass is 10.1. The zero-order valence-corrected chi connectivity index (χ0v) is 14.5. The number of aryl methyl sites for hydroxylation is 1. The van der Waals surface area contributed by atoms with Gasteiger partial charge in [-0.3, -0.25) is 0 Å². The molecule has 0 amide bonds. The highest BCUT2D eigenvalue weighted by Gasteiger charge is 2.11. The van der Waals surface area contributed by atoms with Gasteiger partial charge in [-0.1, -0.05) is 13.8 Å². The van der Waals surface area contributed by atoms with E-state index in [4.69, 9.17) is 4.74 Å². The van der Waals surface area contributed by atoms with E-state index in [0.717, 1.165) is 11.1 Å². The van der Waals surface area contributed by atoms with E-state index in [1.165, 1.54) is 6.07 Å². The average molecular weight is 394 g/mol. The van der Waals surface area contributed by atoms with Gasteiger partial charge in [0.15, 0.2) is 0 Å². The lowest BCUT2D eigenvalue weighted by Crippen LogP contribution is -1.91. The quantitative estimate of drug-likeness (QED) is 0.551. The zero-order chi connectivity index (χ0) is 14.4. The van der Waals surface area contributed by atoms with E-state index in [0.29, 0.717) is 17.7 Å². The van der Waals surface area contributed by atoms with Crippen LogP contribution in [0.15, 0.2) is 24.5 Å². The summed E-state index contributed by atoms with van der Waals surface area (Å²) in [5.74, 6) is 0.436. The molecule has 19 heavy (non-hydrogen) atoms. The van der Waals surface area contributed by atoms with Gasteiger partial charge in [-0.15, -0.1) is 0 Å². The Balaban J connectivity index is 0.000000861. The Labute approximate surface area is 127 Å². The third-order valence-electron chi connectivity index (χ3n) is 2.46. The Kier molecular flexibility index (Phi) is 6.72. The molecule has 1 unspecified atom stereocenters. The van der Waals surface area contributed by atoms with Gasteiger partial charge in [-0.05, 0) is 46.7 Å². The fourth-order valence-corrected chi connectivity index (χ4v) is 2.68. The Bertz CT molecular complexity index is 545. The molecular weight excluding hydrogens is 377 g/mol. The van der Waals surface area contributed by atoms with E-state index in [2.05, 4.69) is 27.1 Å². The molecule has 0 aliphatic rings. The molecule has 1 atom stereocenters. The summed E-state index contributed by atoms with van der Waals surface area (Å²) in [4.78, 5) is 0. The summed E-state index contributed by atoms with van der Waals surface area (Å²) in [5, 5.41) is 4.14. The molecule has 2 rings (SSSR count). The summed E-state index contributed by atoms with van der Waals surface area (Å²) >= 11 is 2.22. The van der Waals surface area contributed by atoms with E-state index in [9.17, 15) is 4.39 Å². The van der Waals surface area contributed by atoms with Gasteiger partial charge in [0.1, 0.15) is 11.6 Å². The first kappa shape index (κ1) is 16.4. The second-order valence-corrected chi connectivity index (χ2v) is 5.63. The molecule has 0 aliphatic carbocycles. The van der Waals surface area contributed by atoms with Gasteiger partial charge in [0, 0.05) is 17.3 Å². The summed E-state index contributed by atoms with van der Waals surface area (Å²) in [5.41, 5.74) is 2.08. The minimum atomic E-state index is -0.250. The van der Waals surface area contributed by atoms with Gasteiger partial charge in [-0.2, -0.15) is 5.10 Å². The normalized spacial score (nSPS) is 10.4. The van der Waals surface area contributed by atoms with Crippen LogP contribution in [0, 0.1) is 12.7 Å². The van der Waals surface area contributed by atoms with E-state index in [1.54, 1.807) is 23.8 Å². The van der Waals surface area contributed by atoms with Crippen molar-refractivity contribution in [3.63, 3.8) is 0 Å². The molecule has 0 N–H and O–H groups in total. The lowest BCUT2D eigenvalue weighted by Gasteiger charge is -2.07. The highest BCUT2D eigenvalue weighted by molar-refractivity contribution is 14.2. The summed E-state index contributed by atoms with van der Waals surface area (Å²) < 4.78 is 20.9. The first-order valence-corrected chi connectivity index (χ1v) is 9.97. The average Bonchev–Trinajstić information content (AvgIpc) is 2.90.